The summed E-state index contributed by atoms with van der Waals surface area (Å²) in [6, 6.07) is 14.1. The molecule has 0 radical (unpaired) electrons. The Labute approximate surface area is 103 Å². The van der Waals surface area contributed by atoms with Gasteiger partial charge < -0.3 is 4.42 Å². The lowest BCUT2D eigenvalue weighted by molar-refractivity contribution is 0.609. The summed E-state index contributed by atoms with van der Waals surface area (Å²) in [5, 5.41) is 9.59. The molecule has 0 unspecified atom stereocenters. The van der Waals surface area contributed by atoms with Gasteiger partial charge in [0.15, 0.2) is 5.58 Å². The molecule has 0 amide bonds. The first-order valence-corrected chi connectivity index (χ1v) is 5.46. The van der Waals surface area contributed by atoms with Crippen LogP contribution in [0.3, 0.4) is 0 Å². The minimum Gasteiger partial charge on any atom is -0.462 e. The van der Waals surface area contributed by atoms with Gasteiger partial charge in [0.05, 0.1) is 11.8 Å². The van der Waals surface area contributed by atoms with Crippen LogP contribution in [-0.4, -0.2) is 0 Å². The highest BCUT2D eigenvalue weighted by Crippen LogP contribution is 2.32. The van der Waals surface area contributed by atoms with Crippen LogP contribution in [-0.2, 0) is 0 Å². The van der Waals surface area contributed by atoms with Gasteiger partial charge in [0.1, 0.15) is 11.9 Å². The molecule has 0 fully saturated rings. The molecule has 0 spiro atoms. The molecule has 0 atom stereocenters. The van der Waals surface area contributed by atoms with E-state index in [1.54, 1.807) is 6.26 Å². The van der Waals surface area contributed by atoms with Crippen LogP contribution in [0.4, 0.5) is 4.39 Å². The molecule has 86 valence electrons. The van der Waals surface area contributed by atoms with Gasteiger partial charge in [-0.3, -0.25) is 0 Å². The zero-order chi connectivity index (χ0) is 12.5. The van der Waals surface area contributed by atoms with Crippen LogP contribution in [0, 0.1) is 17.1 Å². The molecule has 0 aliphatic rings. The van der Waals surface area contributed by atoms with Gasteiger partial charge in [0, 0.05) is 10.9 Å². The van der Waals surface area contributed by atoms with Crippen molar-refractivity contribution in [2.45, 2.75) is 0 Å². The first-order valence-electron chi connectivity index (χ1n) is 5.46. The van der Waals surface area contributed by atoms with E-state index in [2.05, 4.69) is 0 Å². The summed E-state index contributed by atoms with van der Waals surface area (Å²) < 4.78 is 18.9. The van der Waals surface area contributed by atoms with Crippen LogP contribution < -0.4 is 0 Å². The predicted octanol–water partition coefficient (Wildman–Crippen LogP) is 4.11. The Morgan fingerprint density at radius 3 is 2.61 bits per heavy atom. The highest BCUT2D eigenvalue weighted by atomic mass is 19.1. The predicted molar refractivity (Wildman–Crippen MR) is 66.3 cm³/mol. The molecule has 1 aromatic heterocycles. The Morgan fingerprint density at radius 2 is 1.89 bits per heavy atom. The van der Waals surface area contributed by atoms with Gasteiger partial charge in [-0.05, 0) is 17.7 Å². The third-order valence-electron chi connectivity index (χ3n) is 2.84. The number of rotatable bonds is 1. The van der Waals surface area contributed by atoms with E-state index in [4.69, 9.17) is 9.68 Å². The van der Waals surface area contributed by atoms with E-state index < -0.39 is 5.82 Å². The van der Waals surface area contributed by atoms with E-state index in [0.29, 0.717) is 11.0 Å². The number of halogens is 1. The van der Waals surface area contributed by atoms with Crippen LogP contribution in [0.25, 0.3) is 22.1 Å². The largest absolute Gasteiger partial charge is 0.462 e. The summed E-state index contributed by atoms with van der Waals surface area (Å²) in [5.41, 5.74) is 2.37. The van der Waals surface area contributed by atoms with Crippen LogP contribution in [0.1, 0.15) is 5.56 Å². The van der Waals surface area contributed by atoms with E-state index >= 15 is 0 Å². The highest BCUT2D eigenvalue weighted by Gasteiger charge is 2.13. The number of nitrogens with zero attached hydrogens (tertiary/aromatic N) is 1. The summed E-state index contributed by atoms with van der Waals surface area (Å²) in [7, 11) is 0. The molecule has 0 saturated carbocycles. The van der Waals surface area contributed by atoms with E-state index in [0.717, 1.165) is 11.1 Å². The van der Waals surface area contributed by atoms with Gasteiger partial charge in [-0.2, -0.15) is 5.26 Å². The molecular formula is C15H8FNO. The van der Waals surface area contributed by atoms with Crippen molar-refractivity contribution in [2.75, 3.05) is 0 Å². The summed E-state index contributed by atoms with van der Waals surface area (Å²) in [6.45, 7) is 0. The monoisotopic (exact) mass is 237 g/mol. The fourth-order valence-corrected chi connectivity index (χ4v) is 2.03. The van der Waals surface area contributed by atoms with E-state index in [-0.39, 0.29) is 5.56 Å². The van der Waals surface area contributed by atoms with Crippen LogP contribution in [0.2, 0.25) is 0 Å². The average Bonchev–Trinajstić information content (AvgIpc) is 2.82. The van der Waals surface area contributed by atoms with Crippen molar-refractivity contribution in [3.8, 4) is 17.2 Å². The third kappa shape index (κ3) is 1.56. The second-order valence-electron chi connectivity index (χ2n) is 3.96. The van der Waals surface area contributed by atoms with Crippen molar-refractivity contribution in [3.63, 3.8) is 0 Å². The summed E-state index contributed by atoms with van der Waals surface area (Å²) in [6.07, 6.45) is 1.56. The highest BCUT2D eigenvalue weighted by molar-refractivity contribution is 5.96. The van der Waals surface area contributed by atoms with Crippen molar-refractivity contribution in [2.24, 2.45) is 0 Å². The molecule has 2 aromatic carbocycles. The minimum atomic E-state index is -0.433. The van der Waals surface area contributed by atoms with E-state index in [9.17, 15) is 4.39 Å². The summed E-state index contributed by atoms with van der Waals surface area (Å²) in [4.78, 5) is 0. The Morgan fingerprint density at radius 1 is 1.11 bits per heavy atom. The number of hydrogen-bond donors (Lipinski definition) is 0. The standard InChI is InChI=1S/C15H8FNO/c16-12-6-11(8-17)15-13(7-12)14(9-18-15)10-4-2-1-3-5-10/h1-7,9H. The first kappa shape index (κ1) is 10.5. The van der Waals surface area contributed by atoms with Crippen molar-refractivity contribution >= 4 is 11.0 Å². The maximum Gasteiger partial charge on any atom is 0.152 e. The summed E-state index contributed by atoms with van der Waals surface area (Å²) >= 11 is 0. The molecule has 3 heteroatoms. The SMILES string of the molecule is N#Cc1cc(F)cc2c(-c3ccccc3)coc12. The number of fused-ring (bicyclic) bond motifs is 1. The Kier molecular flexibility index (Phi) is 2.35. The molecule has 1 heterocycles. The van der Waals surface area contributed by atoms with Crippen molar-refractivity contribution < 1.29 is 8.81 Å². The lowest BCUT2D eigenvalue weighted by Gasteiger charge is -1.98. The van der Waals surface area contributed by atoms with Crippen LogP contribution >= 0.6 is 0 Å². The number of nitriles is 1. The van der Waals surface area contributed by atoms with Crippen molar-refractivity contribution in [3.05, 3.63) is 60.1 Å². The van der Waals surface area contributed by atoms with Gasteiger partial charge in [0.2, 0.25) is 0 Å². The molecule has 2 nitrogen and oxygen atoms in total. The quantitative estimate of drug-likeness (QED) is 0.638. The average molecular weight is 237 g/mol. The molecule has 0 bridgehead atoms. The van der Waals surface area contributed by atoms with Gasteiger partial charge in [-0.1, -0.05) is 30.3 Å². The minimum absolute atomic E-state index is 0.215. The van der Waals surface area contributed by atoms with Gasteiger partial charge in [-0.25, -0.2) is 4.39 Å². The van der Waals surface area contributed by atoms with Crippen LogP contribution in [0.5, 0.6) is 0 Å². The Hall–Kier alpha value is -2.60. The maximum atomic E-state index is 13.5. The molecular weight excluding hydrogens is 229 g/mol. The molecule has 0 N–H and O–H groups in total. The molecule has 3 rings (SSSR count). The fourth-order valence-electron chi connectivity index (χ4n) is 2.03. The zero-order valence-corrected chi connectivity index (χ0v) is 9.35. The van der Waals surface area contributed by atoms with Gasteiger partial charge in [-0.15, -0.1) is 0 Å². The van der Waals surface area contributed by atoms with Crippen LogP contribution in [0.15, 0.2) is 53.1 Å². The third-order valence-corrected chi connectivity index (χ3v) is 2.84. The van der Waals surface area contributed by atoms with E-state index in [1.807, 2.05) is 36.4 Å². The number of hydrogen-bond acceptors (Lipinski definition) is 2. The number of furan rings is 1. The fraction of sp³-hybridized carbons (Fsp3) is 0. The van der Waals surface area contributed by atoms with Crippen molar-refractivity contribution in [1.29, 1.82) is 5.26 Å². The molecule has 18 heavy (non-hydrogen) atoms. The first-order chi connectivity index (χ1) is 8.79. The molecule has 0 saturated heterocycles. The Balaban J connectivity index is 2.34. The number of benzene rings is 2. The Bertz CT molecular complexity index is 753. The lowest BCUT2D eigenvalue weighted by atomic mass is 10.0. The molecule has 0 aliphatic carbocycles. The molecule has 3 aromatic rings. The topological polar surface area (TPSA) is 36.9 Å². The second kappa shape index (κ2) is 4.01. The smallest absolute Gasteiger partial charge is 0.152 e. The normalized spacial score (nSPS) is 10.4. The lowest BCUT2D eigenvalue weighted by Crippen LogP contribution is -1.81. The van der Waals surface area contributed by atoms with Crippen molar-refractivity contribution in [1.82, 2.24) is 0 Å². The van der Waals surface area contributed by atoms with Gasteiger partial charge in [0.25, 0.3) is 0 Å². The summed E-state index contributed by atoms with van der Waals surface area (Å²) in [5.74, 6) is -0.433. The zero-order valence-electron chi connectivity index (χ0n) is 9.35. The van der Waals surface area contributed by atoms with Gasteiger partial charge >= 0.3 is 0 Å². The second-order valence-corrected chi connectivity index (χ2v) is 3.96. The maximum absolute atomic E-state index is 13.5. The van der Waals surface area contributed by atoms with E-state index in [1.165, 1.54) is 12.1 Å². The molecule has 0 aliphatic heterocycles.